The number of amides is 1. The Morgan fingerprint density at radius 3 is 2.92 bits per heavy atom. The maximum atomic E-state index is 12.9. The molecule has 1 N–H and O–H groups in total. The number of fused-ring (bicyclic) bond motifs is 2. The smallest absolute Gasteiger partial charge is 0.230 e. The molecule has 0 bridgehead atoms. The van der Waals surface area contributed by atoms with Crippen molar-refractivity contribution < 1.29 is 4.79 Å². The maximum Gasteiger partial charge on any atom is 0.230 e. The van der Waals surface area contributed by atoms with Crippen molar-refractivity contribution in [3.63, 3.8) is 0 Å². The van der Waals surface area contributed by atoms with Crippen LogP contribution in [0.25, 0.3) is 16.5 Å². The Morgan fingerprint density at radius 1 is 1.25 bits per heavy atom. The third-order valence-corrected chi connectivity index (χ3v) is 6.00. The Labute approximate surface area is 142 Å². The van der Waals surface area contributed by atoms with E-state index in [0.717, 1.165) is 38.9 Å². The number of carbonyl (C=O) groups is 1. The average molecular weight is 321 g/mol. The van der Waals surface area contributed by atoms with E-state index >= 15 is 0 Å². The second-order valence-electron chi connectivity index (χ2n) is 7.46. The van der Waals surface area contributed by atoms with Gasteiger partial charge in [-0.1, -0.05) is 18.2 Å². The lowest BCUT2D eigenvalue weighted by atomic mass is 9.79. The summed E-state index contributed by atoms with van der Waals surface area (Å²) in [5, 5.41) is 1.35. The van der Waals surface area contributed by atoms with Gasteiger partial charge in [0.25, 0.3) is 0 Å². The van der Waals surface area contributed by atoms with E-state index < -0.39 is 0 Å². The molecule has 124 valence electrons. The summed E-state index contributed by atoms with van der Waals surface area (Å²) in [6.07, 6.45) is 7.76. The maximum absolute atomic E-state index is 12.9. The summed E-state index contributed by atoms with van der Waals surface area (Å²) in [7, 11) is 2.17. The first-order valence-corrected chi connectivity index (χ1v) is 9.02. The number of rotatable bonds is 1. The molecule has 3 heterocycles. The lowest BCUT2D eigenvalue weighted by Crippen LogP contribution is -2.47. The minimum Gasteiger partial charge on any atom is -0.361 e. The van der Waals surface area contributed by atoms with Gasteiger partial charge >= 0.3 is 0 Å². The predicted octanol–water partition coefficient (Wildman–Crippen LogP) is 2.66. The van der Waals surface area contributed by atoms with E-state index in [1.54, 1.807) is 0 Å². The van der Waals surface area contributed by atoms with Crippen molar-refractivity contribution in [3.8, 4) is 0 Å². The summed E-state index contributed by atoms with van der Waals surface area (Å²) < 4.78 is 0. The quantitative estimate of drug-likeness (QED) is 0.877. The number of carbonyl (C=O) groups excluding carboxylic acids is 1. The van der Waals surface area contributed by atoms with Gasteiger partial charge < -0.3 is 9.88 Å². The van der Waals surface area contributed by atoms with Gasteiger partial charge in [0.1, 0.15) is 0 Å². The summed E-state index contributed by atoms with van der Waals surface area (Å²) >= 11 is 0. The largest absolute Gasteiger partial charge is 0.361 e. The number of aromatic amines is 1. The zero-order valence-electron chi connectivity index (χ0n) is 14.1. The molecule has 0 saturated carbocycles. The van der Waals surface area contributed by atoms with Gasteiger partial charge in [0, 0.05) is 42.8 Å². The second-order valence-corrected chi connectivity index (χ2v) is 7.46. The topological polar surface area (TPSA) is 39.3 Å². The Bertz CT molecular complexity index is 844. The molecule has 1 aliphatic carbocycles. The molecule has 2 unspecified atom stereocenters. The molecule has 5 rings (SSSR count). The van der Waals surface area contributed by atoms with Crippen LogP contribution >= 0.6 is 0 Å². The molecule has 1 saturated heterocycles. The van der Waals surface area contributed by atoms with Crippen molar-refractivity contribution in [2.75, 3.05) is 26.7 Å². The van der Waals surface area contributed by atoms with Gasteiger partial charge in [-0.15, -0.1) is 0 Å². The number of nitrogens with zero attached hydrogens (tertiary/aromatic N) is 2. The van der Waals surface area contributed by atoms with Crippen LogP contribution in [0, 0.1) is 5.92 Å². The molecule has 2 aliphatic heterocycles. The van der Waals surface area contributed by atoms with Gasteiger partial charge in [-0.2, -0.15) is 0 Å². The van der Waals surface area contributed by atoms with E-state index in [1.165, 1.54) is 27.6 Å². The lowest BCUT2D eigenvalue weighted by molar-refractivity contribution is -0.133. The van der Waals surface area contributed by atoms with Crippen molar-refractivity contribution in [1.82, 2.24) is 14.8 Å². The fourth-order valence-corrected chi connectivity index (χ4v) is 4.78. The first-order chi connectivity index (χ1) is 11.7. The molecule has 1 fully saturated rings. The molecule has 2 aromatic rings. The van der Waals surface area contributed by atoms with Crippen LogP contribution in [-0.2, 0) is 11.2 Å². The lowest BCUT2D eigenvalue weighted by Gasteiger charge is -2.40. The minimum absolute atomic E-state index is 0.00454. The van der Waals surface area contributed by atoms with E-state index in [1.807, 2.05) is 0 Å². The normalized spacial score (nSPS) is 26.5. The molecule has 1 aromatic carbocycles. The van der Waals surface area contributed by atoms with Gasteiger partial charge in [0.2, 0.25) is 5.91 Å². The minimum atomic E-state index is -0.00454. The molecule has 2 atom stereocenters. The van der Waals surface area contributed by atoms with Crippen molar-refractivity contribution >= 4 is 22.4 Å². The standard InChI is InChI=1S/C20H23N3O/c1-22-12-14(20(24)23-7-2-3-8-23)9-16-15-5-4-6-17-19(15)13(11-21-17)10-18(16)22/h4-6,9,11,14,18,21H,2-3,7-8,10,12H2,1H3. The van der Waals surface area contributed by atoms with Crippen LogP contribution in [-0.4, -0.2) is 53.4 Å². The van der Waals surface area contributed by atoms with Crippen LogP contribution in [0.2, 0.25) is 0 Å². The van der Waals surface area contributed by atoms with E-state index in [0.29, 0.717) is 11.9 Å². The van der Waals surface area contributed by atoms with Crippen molar-refractivity contribution in [1.29, 1.82) is 0 Å². The Balaban J connectivity index is 1.59. The number of benzene rings is 1. The molecule has 1 aromatic heterocycles. The number of aromatic nitrogens is 1. The van der Waals surface area contributed by atoms with Gasteiger partial charge in [-0.05, 0) is 49.1 Å². The van der Waals surface area contributed by atoms with Gasteiger partial charge in [-0.3, -0.25) is 9.69 Å². The Hall–Kier alpha value is -2.07. The zero-order chi connectivity index (χ0) is 16.3. The highest BCUT2D eigenvalue weighted by molar-refractivity contribution is 5.99. The Morgan fingerprint density at radius 2 is 2.08 bits per heavy atom. The van der Waals surface area contributed by atoms with E-state index in [-0.39, 0.29) is 5.92 Å². The molecular formula is C20H23N3O. The SMILES string of the molecule is CN1CC(C(=O)N2CCCC2)C=C2c3cccc4[nH]cc(c34)CC21. The number of likely N-dealkylation sites (tertiary alicyclic amines) is 1. The molecule has 24 heavy (non-hydrogen) atoms. The monoisotopic (exact) mass is 321 g/mol. The van der Waals surface area contributed by atoms with E-state index in [9.17, 15) is 4.79 Å². The number of hydrogen-bond donors (Lipinski definition) is 1. The summed E-state index contributed by atoms with van der Waals surface area (Å²) in [4.78, 5) is 20.7. The first kappa shape index (κ1) is 14.3. The summed E-state index contributed by atoms with van der Waals surface area (Å²) in [5.74, 6) is 0.312. The number of hydrogen-bond acceptors (Lipinski definition) is 2. The molecular weight excluding hydrogens is 298 g/mol. The van der Waals surface area contributed by atoms with Crippen LogP contribution in [0.15, 0.2) is 30.5 Å². The third-order valence-electron chi connectivity index (χ3n) is 6.00. The fraction of sp³-hybridized carbons (Fsp3) is 0.450. The number of likely N-dealkylation sites (N-methyl/N-ethyl adjacent to an activating group) is 1. The molecule has 4 heteroatoms. The average Bonchev–Trinajstić information content (AvgIpc) is 3.26. The first-order valence-electron chi connectivity index (χ1n) is 9.02. The van der Waals surface area contributed by atoms with Crippen LogP contribution in [0.3, 0.4) is 0 Å². The molecule has 0 spiro atoms. The number of H-pyrrole nitrogens is 1. The van der Waals surface area contributed by atoms with Crippen LogP contribution in [0.5, 0.6) is 0 Å². The third kappa shape index (κ3) is 1.99. The second kappa shape index (κ2) is 5.21. The Kier molecular flexibility index (Phi) is 3.10. The predicted molar refractivity (Wildman–Crippen MR) is 95.7 cm³/mol. The van der Waals surface area contributed by atoms with Gasteiger partial charge in [0.05, 0.1) is 5.92 Å². The molecule has 1 amide bonds. The van der Waals surface area contributed by atoms with Crippen molar-refractivity contribution in [3.05, 3.63) is 41.6 Å². The van der Waals surface area contributed by atoms with E-state index in [2.05, 4.69) is 52.3 Å². The summed E-state index contributed by atoms with van der Waals surface area (Å²) in [5.41, 5.74) is 5.26. The highest BCUT2D eigenvalue weighted by atomic mass is 16.2. The summed E-state index contributed by atoms with van der Waals surface area (Å²) in [6, 6.07) is 6.87. The van der Waals surface area contributed by atoms with Crippen LogP contribution < -0.4 is 0 Å². The molecule has 4 nitrogen and oxygen atoms in total. The van der Waals surface area contributed by atoms with Gasteiger partial charge in [-0.25, -0.2) is 0 Å². The highest BCUT2D eigenvalue weighted by Gasteiger charge is 2.37. The van der Waals surface area contributed by atoms with Crippen molar-refractivity contribution in [2.45, 2.75) is 25.3 Å². The van der Waals surface area contributed by atoms with Gasteiger partial charge in [0.15, 0.2) is 0 Å². The van der Waals surface area contributed by atoms with Crippen LogP contribution in [0.4, 0.5) is 0 Å². The molecule has 3 aliphatic rings. The summed E-state index contributed by atoms with van der Waals surface area (Å²) in [6.45, 7) is 2.70. The zero-order valence-corrected chi connectivity index (χ0v) is 14.1. The van der Waals surface area contributed by atoms with Crippen molar-refractivity contribution in [2.24, 2.45) is 5.92 Å². The van der Waals surface area contributed by atoms with E-state index in [4.69, 9.17) is 0 Å². The fourth-order valence-electron chi connectivity index (χ4n) is 4.78. The molecule has 0 radical (unpaired) electrons. The highest BCUT2D eigenvalue weighted by Crippen LogP contribution is 2.41. The number of nitrogens with one attached hydrogen (secondary N) is 1. The van der Waals surface area contributed by atoms with Crippen LogP contribution in [0.1, 0.15) is 24.0 Å².